The second kappa shape index (κ2) is 8.26. The van der Waals surface area contributed by atoms with E-state index in [1.807, 2.05) is 68.4 Å². The average Bonchev–Trinajstić information content (AvgIpc) is 2.75. The number of benzene rings is 3. The SMILES string of the molecule is CCOC(=O)C1=C(C)N(c2ccccc2)c2cc(C)c(C(=O)OCC)c3cccc1c23. The monoisotopic (exact) mass is 415 g/mol. The lowest BCUT2D eigenvalue weighted by Crippen LogP contribution is -2.24. The molecule has 0 saturated carbocycles. The minimum Gasteiger partial charge on any atom is -0.462 e. The van der Waals surface area contributed by atoms with E-state index in [2.05, 4.69) is 4.90 Å². The van der Waals surface area contributed by atoms with E-state index in [4.69, 9.17) is 9.47 Å². The summed E-state index contributed by atoms with van der Waals surface area (Å²) in [4.78, 5) is 27.9. The molecular formula is C26H25NO4. The number of carbonyl (C=O) groups is 2. The van der Waals surface area contributed by atoms with Crippen LogP contribution in [0.4, 0.5) is 11.4 Å². The predicted molar refractivity (Wildman–Crippen MR) is 122 cm³/mol. The fourth-order valence-corrected chi connectivity index (χ4v) is 4.32. The van der Waals surface area contributed by atoms with Gasteiger partial charge in [0, 0.05) is 22.3 Å². The van der Waals surface area contributed by atoms with Gasteiger partial charge in [-0.15, -0.1) is 0 Å². The molecule has 0 atom stereocenters. The number of para-hydroxylation sites is 1. The fraction of sp³-hybridized carbons (Fsp3) is 0.231. The van der Waals surface area contributed by atoms with Crippen molar-refractivity contribution < 1.29 is 19.1 Å². The maximum absolute atomic E-state index is 13.0. The normalized spacial score (nSPS) is 12.8. The first-order chi connectivity index (χ1) is 15.0. The highest BCUT2D eigenvalue weighted by atomic mass is 16.5. The third-order valence-corrected chi connectivity index (χ3v) is 5.52. The molecule has 0 saturated heterocycles. The molecule has 3 aromatic carbocycles. The van der Waals surface area contributed by atoms with Crippen LogP contribution in [0, 0.1) is 6.92 Å². The fourth-order valence-electron chi connectivity index (χ4n) is 4.32. The molecule has 4 rings (SSSR count). The van der Waals surface area contributed by atoms with Crippen molar-refractivity contribution in [1.29, 1.82) is 0 Å². The number of hydrogen-bond donors (Lipinski definition) is 0. The number of nitrogens with zero attached hydrogens (tertiary/aromatic N) is 1. The van der Waals surface area contributed by atoms with Crippen molar-refractivity contribution in [3.8, 4) is 0 Å². The molecule has 1 aliphatic rings. The van der Waals surface area contributed by atoms with Crippen LogP contribution in [0.25, 0.3) is 16.3 Å². The average molecular weight is 415 g/mol. The predicted octanol–water partition coefficient (Wildman–Crippen LogP) is 5.77. The quantitative estimate of drug-likeness (QED) is 0.495. The summed E-state index contributed by atoms with van der Waals surface area (Å²) in [7, 11) is 0. The topological polar surface area (TPSA) is 55.8 Å². The number of carbonyl (C=O) groups excluding carboxylic acids is 2. The summed E-state index contributed by atoms with van der Waals surface area (Å²) in [5.74, 6) is -0.740. The van der Waals surface area contributed by atoms with E-state index in [9.17, 15) is 9.59 Å². The molecule has 1 heterocycles. The summed E-state index contributed by atoms with van der Waals surface area (Å²) in [5, 5.41) is 1.61. The molecule has 0 unspecified atom stereocenters. The first kappa shape index (κ1) is 20.7. The first-order valence-electron chi connectivity index (χ1n) is 10.5. The van der Waals surface area contributed by atoms with Crippen molar-refractivity contribution in [2.24, 2.45) is 0 Å². The number of ether oxygens (including phenoxy) is 2. The molecule has 158 valence electrons. The minimum absolute atomic E-state index is 0.283. The summed E-state index contributed by atoms with van der Waals surface area (Å²) >= 11 is 0. The van der Waals surface area contributed by atoms with E-state index in [1.54, 1.807) is 13.8 Å². The van der Waals surface area contributed by atoms with Gasteiger partial charge >= 0.3 is 11.9 Å². The Morgan fingerprint density at radius 1 is 0.871 bits per heavy atom. The molecule has 0 N–H and O–H groups in total. The molecular weight excluding hydrogens is 390 g/mol. The highest BCUT2D eigenvalue weighted by Gasteiger charge is 2.32. The Morgan fingerprint density at radius 2 is 1.55 bits per heavy atom. The Morgan fingerprint density at radius 3 is 2.23 bits per heavy atom. The Labute approximate surface area is 181 Å². The number of allylic oxidation sites excluding steroid dienone is 1. The van der Waals surface area contributed by atoms with Crippen LogP contribution >= 0.6 is 0 Å². The number of hydrogen-bond acceptors (Lipinski definition) is 5. The molecule has 0 aromatic heterocycles. The highest BCUT2D eigenvalue weighted by Crippen LogP contribution is 2.47. The second-order valence-corrected chi connectivity index (χ2v) is 7.39. The molecule has 0 spiro atoms. The van der Waals surface area contributed by atoms with E-state index in [0.29, 0.717) is 17.7 Å². The molecule has 0 aliphatic carbocycles. The number of rotatable bonds is 5. The summed E-state index contributed by atoms with van der Waals surface area (Å²) in [6.45, 7) is 8.01. The third kappa shape index (κ3) is 3.36. The van der Waals surface area contributed by atoms with E-state index in [1.165, 1.54) is 0 Å². The maximum atomic E-state index is 13.0. The van der Waals surface area contributed by atoms with E-state index in [0.717, 1.165) is 39.0 Å². The zero-order chi connectivity index (χ0) is 22.1. The Kier molecular flexibility index (Phi) is 5.51. The van der Waals surface area contributed by atoms with Gasteiger partial charge in [0.05, 0.1) is 30.0 Å². The van der Waals surface area contributed by atoms with Crippen molar-refractivity contribution in [3.05, 3.63) is 77.0 Å². The van der Waals surface area contributed by atoms with Gasteiger partial charge in [-0.25, -0.2) is 9.59 Å². The van der Waals surface area contributed by atoms with Crippen LogP contribution in [0.1, 0.15) is 42.3 Å². The van der Waals surface area contributed by atoms with Gasteiger partial charge in [-0.1, -0.05) is 36.4 Å². The van der Waals surface area contributed by atoms with Crippen LogP contribution in [-0.4, -0.2) is 25.2 Å². The molecule has 5 heteroatoms. The number of esters is 2. The van der Waals surface area contributed by atoms with Crippen molar-refractivity contribution >= 4 is 39.7 Å². The number of aryl methyl sites for hydroxylation is 1. The highest BCUT2D eigenvalue weighted by molar-refractivity contribution is 6.27. The molecule has 0 amide bonds. The zero-order valence-electron chi connectivity index (χ0n) is 18.2. The number of anilines is 2. The first-order valence-corrected chi connectivity index (χ1v) is 10.5. The van der Waals surface area contributed by atoms with Gasteiger partial charge in [-0.2, -0.15) is 0 Å². The van der Waals surface area contributed by atoms with Crippen molar-refractivity contribution in [2.75, 3.05) is 18.1 Å². The van der Waals surface area contributed by atoms with Crippen LogP contribution in [0.2, 0.25) is 0 Å². The maximum Gasteiger partial charge on any atom is 0.340 e. The van der Waals surface area contributed by atoms with Crippen molar-refractivity contribution in [3.63, 3.8) is 0 Å². The summed E-state index contributed by atoms with van der Waals surface area (Å²) in [6, 6.07) is 17.6. The third-order valence-electron chi connectivity index (χ3n) is 5.52. The smallest absolute Gasteiger partial charge is 0.340 e. The van der Waals surface area contributed by atoms with Crippen molar-refractivity contribution in [2.45, 2.75) is 27.7 Å². The standard InChI is InChI=1S/C26H25NO4/c1-5-30-25(28)22-16(3)15-21-24-19(22)13-10-14-20(24)23(26(29)31-6-2)17(4)27(21)18-11-8-7-9-12-18/h7-15H,5-6H2,1-4H3. The molecule has 5 nitrogen and oxygen atoms in total. The van der Waals surface area contributed by atoms with Crippen LogP contribution in [0.15, 0.2) is 60.3 Å². The summed E-state index contributed by atoms with van der Waals surface area (Å²) in [5.41, 5.74) is 5.26. The lowest BCUT2D eigenvalue weighted by molar-refractivity contribution is -0.136. The van der Waals surface area contributed by atoms with Crippen LogP contribution in [0.5, 0.6) is 0 Å². The summed E-state index contributed by atoms with van der Waals surface area (Å²) in [6.07, 6.45) is 0. The van der Waals surface area contributed by atoms with Crippen LogP contribution in [-0.2, 0) is 14.3 Å². The van der Waals surface area contributed by atoms with Crippen molar-refractivity contribution in [1.82, 2.24) is 0 Å². The van der Waals surface area contributed by atoms with E-state index in [-0.39, 0.29) is 18.5 Å². The lowest BCUT2D eigenvalue weighted by atomic mass is 9.87. The summed E-state index contributed by atoms with van der Waals surface area (Å²) < 4.78 is 10.7. The minimum atomic E-state index is -0.377. The zero-order valence-corrected chi connectivity index (χ0v) is 18.2. The van der Waals surface area contributed by atoms with Gasteiger partial charge in [-0.3, -0.25) is 0 Å². The molecule has 0 radical (unpaired) electrons. The van der Waals surface area contributed by atoms with E-state index >= 15 is 0 Å². The van der Waals surface area contributed by atoms with Gasteiger partial charge in [0.1, 0.15) is 0 Å². The van der Waals surface area contributed by atoms with Gasteiger partial charge in [0.2, 0.25) is 0 Å². The Balaban J connectivity index is 2.10. The van der Waals surface area contributed by atoms with E-state index < -0.39 is 0 Å². The van der Waals surface area contributed by atoms with Gasteiger partial charge in [-0.05, 0) is 56.8 Å². The molecule has 1 aliphatic heterocycles. The van der Waals surface area contributed by atoms with Gasteiger partial charge in [0.25, 0.3) is 0 Å². The molecule has 31 heavy (non-hydrogen) atoms. The molecule has 0 fully saturated rings. The molecule has 0 bridgehead atoms. The lowest BCUT2D eigenvalue weighted by Gasteiger charge is -2.34. The Hall–Kier alpha value is -3.60. The largest absolute Gasteiger partial charge is 0.462 e. The molecule has 3 aromatic rings. The van der Waals surface area contributed by atoms with Gasteiger partial charge < -0.3 is 14.4 Å². The van der Waals surface area contributed by atoms with Gasteiger partial charge in [0.15, 0.2) is 0 Å². The Bertz CT molecular complexity index is 1210. The van der Waals surface area contributed by atoms with Crippen LogP contribution in [0.3, 0.4) is 0 Å². The second-order valence-electron chi connectivity index (χ2n) is 7.39. The van der Waals surface area contributed by atoms with Crippen LogP contribution < -0.4 is 4.90 Å².